The summed E-state index contributed by atoms with van der Waals surface area (Å²) in [6, 6.07) is 19.5. The highest BCUT2D eigenvalue weighted by Crippen LogP contribution is 2.14. The summed E-state index contributed by atoms with van der Waals surface area (Å²) < 4.78 is 5.47. The molecule has 36 heavy (non-hydrogen) atoms. The summed E-state index contributed by atoms with van der Waals surface area (Å²) in [4.78, 5) is 40.0. The molecule has 8 heteroatoms. The minimum Gasteiger partial charge on any atom is -0.467 e. The molecule has 0 atom stereocenters. The maximum Gasteiger partial charge on any atom is 0.269 e. The van der Waals surface area contributed by atoms with Crippen LogP contribution in [0.15, 0.2) is 83.5 Å². The maximum atomic E-state index is 13.4. The van der Waals surface area contributed by atoms with Crippen molar-refractivity contribution in [3.05, 3.63) is 106 Å². The smallest absolute Gasteiger partial charge is 0.269 e. The highest BCUT2D eigenvalue weighted by Gasteiger charge is 2.22. The second-order valence-electron chi connectivity index (χ2n) is 8.92. The SMILES string of the molecule is CC(C)CN(CC(=O)N(CCc1ccccc1)Cc1ccco1)C(=O)/C=C/c1ccc([N+](=O)[O-])cc1. The largest absolute Gasteiger partial charge is 0.467 e. The van der Waals surface area contributed by atoms with Crippen LogP contribution in [0, 0.1) is 16.0 Å². The molecule has 0 saturated carbocycles. The summed E-state index contributed by atoms with van der Waals surface area (Å²) in [7, 11) is 0. The average Bonchev–Trinajstić information content (AvgIpc) is 3.38. The van der Waals surface area contributed by atoms with Gasteiger partial charge in [0.1, 0.15) is 12.3 Å². The molecular weight excluding hydrogens is 458 g/mol. The molecule has 0 aliphatic heterocycles. The number of furan rings is 1. The van der Waals surface area contributed by atoms with Gasteiger partial charge in [0.05, 0.1) is 17.7 Å². The first-order chi connectivity index (χ1) is 17.3. The number of carbonyl (C=O) groups is 2. The number of benzene rings is 2. The molecule has 0 fully saturated rings. The fourth-order valence-corrected chi connectivity index (χ4v) is 3.71. The molecule has 2 amide bonds. The molecule has 0 spiro atoms. The highest BCUT2D eigenvalue weighted by molar-refractivity contribution is 5.94. The molecule has 3 aromatic rings. The molecule has 0 aliphatic rings. The number of nitro benzene ring substituents is 1. The number of carbonyl (C=O) groups excluding carboxylic acids is 2. The number of nitrogens with zero attached hydrogens (tertiary/aromatic N) is 3. The number of amides is 2. The zero-order valence-corrected chi connectivity index (χ0v) is 20.6. The van der Waals surface area contributed by atoms with Crippen molar-refractivity contribution in [1.82, 2.24) is 9.80 Å². The zero-order valence-electron chi connectivity index (χ0n) is 20.6. The van der Waals surface area contributed by atoms with Gasteiger partial charge < -0.3 is 14.2 Å². The highest BCUT2D eigenvalue weighted by atomic mass is 16.6. The van der Waals surface area contributed by atoms with Gasteiger partial charge in [0.25, 0.3) is 5.69 Å². The molecule has 8 nitrogen and oxygen atoms in total. The normalized spacial score (nSPS) is 11.1. The van der Waals surface area contributed by atoms with Crippen LogP contribution in [0.1, 0.15) is 30.7 Å². The number of hydrogen-bond donors (Lipinski definition) is 0. The van der Waals surface area contributed by atoms with Crippen molar-refractivity contribution < 1.29 is 18.9 Å². The van der Waals surface area contributed by atoms with E-state index in [-0.39, 0.29) is 30.0 Å². The van der Waals surface area contributed by atoms with Crippen LogP contribution >= 0.6 is 0 Å². The van der Waals surface area contributed by atoms with Gasteiger partial charge in [-0.3, -0.25) is 19.7 Å². The number of non-ortho nitro benzene ring substituents is 1. The Bertz CT molecular complexity index is 1160. The summed E-state index contributed by atoms with van der Waals surface area (Å²) in [6.45, 7) is 5.15. The predicted octanol–water partition coefficient (Wildman–Crippen LogP) is 4.96. The van der Waals surface area contributed by atoms with Gasteiger partial charge in [0.15, 0.2) is 0 Å². The van der Waals surface area contributed by atoms with Crippen LogP contribution < -0.4 is 0 Å². The molecule has 3 rings (SSSR count). The second-order valence-corrected chi connectivity index (χ2v) is 8.92. The Balaban J connectivity index is 1.70. The Morgan fingerprint density at radius 3 is 2.33 bits per heavy atom. The molecule has 0 N–H and O–H groups in total. The molecular formula is C28H31N3O5. The predicted molar refractivity (Wildman–Crippen MR) is 138 cm³/mol. The van der Waals surface area contributed by atoms with Crippen LogP contribution in [-0.2, 0) is 22.6 Å². The molecule has 0 aliphatic carbocycles. The fraction of sp³-hybridized carbons (Fsp3) is 0.286. The van der Waals surface area contributed by atoms with Gasteiger partial charge in [-0.2, -0.15) is 0 Å². The molecule has 2 aromatic carbocycles. The Kier molecular flexibility index (Phi) is 9.56. The second kappa shape index (κ2) is 13.0. The van der Waals surface area contributed by atoms with E-state index in [0.717, 1.165) is 5.56 Å². The summed E-state index contributed by atoms with van der Waals surface area (Å²) in [5.74, 6) is 0.380. The maximum absolute atomic E-state index is 13.4. The number of hydrogen-bond acceptors (Lipinski definition) is 5. The summed E-state index contributed by atoms with van der Waals surface area (Å²) in [6.07, 6.45) is 5.26. The Hall–Kier alpha value is -4.20. The molecule has 0 radical (unpaired) electrons. The summed E-state index contributed by atoms with van der Waals surface area (Å²) in [5.41, 5.74) is 1.76. The van der Waals surface area contributed by atoms with Crippen molar-refractivity contribution in [2.75, 3.05) is 19.6 Å². The summed E-state index contributed by atoms with van der Waals surface area (Å²) in [5, 5.41) is 10.8. The monoisotopic (exact) mass is 489 g/mol. The molecule has 0 bridgehead atoms. The first-order valence-corrected chi connectivity index (χ1v) is 11.9. The minimum absolute atomic E-state index is 0.0161. The van der Waals surface area contributed by atoms with E-state index < -0.39 is 4.92 Å². The quantitative estimate of drug-likeness (QED) is 0.204. The Morgan fingerprint density at radius 2 is 1.72 bits per heavy atom. The zero-order chi connectivity index (χ0) is 25.9. The number of nitro groups is 1. The van der Waals surface area contributed by atoms with Crippen LogP contribution in [0.5, 0.6) is 0 Å². The van der Waals surface area contributed by atoms with Crippen molar-refractivity contribution in [3.8, 4) is 0 Å². The van der Waals surface area contributed by atoms with E-state index in [4.69, 9.17) is 4.42 Å². The van der Waals surface area contributed by atoms with Crippen molar-refractivity contribution in [2.24, 2.45) is 5.92 Å². The van der Waals surface area contributed by atoms with Gasteiger partial charge in [0.2, 0.25) is 11.8 Å². The van der Waals surface area contributed by atoms with Crippen molar-refractivity contribution in [2.45, 2.75) is 26.8 Å². The van der Waals surface area contributed by atoms with Crippen molar-refractivity contribution in [1.29, 1.82) is 0 Å². The first kappa shape index (κ1) is 26.4. The molecule has 188 valence electrons. The molecule has 0 unspecified atom stereocenters. The van der Waals surface area contributed by atoms with E-state index >= 15 is 0 Å². The van der Waals surface area contributed by atoms with Gasteiger partial charge in [-0.15, -0.1) is 0 Å². The fourth-order valence-electron chi connectivity index (χ4n) is 3.71. The van der Waals surface area contributed by atoms with E-state index in [0.29, 0.717) is 37.4 Å². The van der Waals surface area contributed by atoms with Crippen LogP contribution in [-0.4, -0.2) is 46.2 Å². The van der Waals surface area contributed by atoms with E-state index in [1.54, 1.807) is 35.4 Å². The summed E-state index contributed by atoms with van der Waals surface area (Å²) >= 11 is 0. The van der Waals surface area contributed by atoms with Gasteiger partial charge in [-0.1, -0.05) is 44.2 Å². The van der Waals surface area contributed by atoms with Crippen molar-refractivity contribution in [3.63, 3.8) is 0 Å². The molecule has 1 heterocycles. The van der Waals surface area contributed by atoms with Crippen molar-refractivity contribution >= 4 is 23.6 Å². The Labute approximate surface area is 211 Å². The van der Waals surface area contributed by atoms with E-state index in [9.17, 15) is 19.7 Å². The van der Waals surface area contributed by atoms with Crippen LogP contribution in [0.4, 0.5) is 5.69 Å². The third kappa shape index (κ3) is 8.23. The van der Waals surface area contributed by atoms with Gasteiger partial charge in [-0.25, -0.2) is 0 Å². The molecule has 1 aromatic heterocycles. The molecule has 0 saturated heterocycles. The van der Waals surface area contributed by atoms with Gasteiger partial charge >= 0.3 is 0 Å². The lowest BCUT2D eigenvalue weighted by atomic mass is 10.1. The minimum atomic E-state index is -0.471. The van der Waals surface area contributed by atoms with Crippen LogP contribution in [0.2, 0.25) is 0 Å². The lowest BCUT2D eigenvalue weighted by Crippen LogP contribution is -2.44. The van der Waals surface area contributed by atoms with Gasteiger partial charge in [-0.05, 0) is 53.8 Å². The third-order valence-electron chi connectivity index (χ3n) is 5.54. The lowest BCUT2D eigenvalue weighted by Gasteiger charge is -2.28. The first-order valence-electron chi connectivity index (χ1n) is 11.9. The van der Waals surface area contributed by atoms with E-state index in [2.05, 4.69) is 0 Å². The van der Waals surface area contributed by atoms with Crippen LogP contribution in [0.3, 0.4) is 0 Å². The topological polar surface area (TPSA) is 96.9 Å². The third-order valence-corrected chi connectivity index (χ3v) is 5.54. The van der Waals surface area contributed by atoms with Crippen LogP contribution in [0.25, 0.3) is 6.08 Å². The van der Waals surface area contributed by atoms with E-state index in [1.807, 2.05) is 50.2 Å². The standard InChI is InChI=1S/C28H31N3O5/c1-22(2)19-30(27(32)15-12-24-10-13-25(14-11-24)31(34)35)21-28(33)29(20-26-9-6-18-36-26)17-16-23-7-4-3-5-8-23/h3-15,18,22H,16-17,19-21H2,1-2H3/b15-12+. The van der Waals surface area contributed by atoms with Gasteiger partial charge in [0, 0.05) is 31.3 Å². The Morgan fingerprint density at radius 1 is 1.00 bits per heavy atom. The van der Waals surface area contributed by atoms with E-state index in [1.165, 1.54) is 23.1 Å². The number of rotatable bonds is 12. The lowest BCUT2D eigenvalue weighted by molar-refractivity contribution is -0.384. The average molecular weight is 490 g/mol.